The van der Waals surface area contributed by atoms with Crippen LogP contribution < -0.4 is 0 Å². The monoisotopic (exact) mass is 316 g/mol. The van der Waals surface area contributed by atoms with Crippen LogP contribution in [0.5, 0.6) is 0 Å². The van der Waals surface area contributed by atoms with Gasteiger partial charge in [0.2, 0.25) is 5.91 Å². The van der Waals surface area contributed by atoms with E-state index in [4.69, 9.17) is 4.74 Å². The first-order valence-corrected chi connectivity index (χ1v) is 8.39. The van der Waals surface area contributed by atoms with Crippen molar-refractivity contribution >= 4 is 17.2 Å². The van der Waals surface area contributed by atoms with Gasteiger partial charge in [0.05, 0.1) is 25.3 Å². The summed E-state index contributed by atoms with van der Waals surface area (Å²) < 4.78 is 5.28. The summed E-state index contributed by atoms with van der Waals surface area (Å²) in [6, 6.07) is 6.35. The summed E-state index contributed by atoms with van der Waals surface area (Å²) in [4.78, 5) is 18.7. The van der Waals surface area contributed by atoms with Crippen LogP contribution in [0.15, 0.2) is 23.6 Å². The zero-order valence-corrected chi connectivity index (χ0v) is 13.8. The molecule has 0 radical (unpaired) electrons. The first-order valence-electron chi connectivity index (χ1n) is 7.51. The Morgan fingerprint density at radius 1 is 1.27 bits per heavy atom. The van der Waals surface area contributed by atoms with Gasteiger partial charge in [0.1, 0.15) is 5.01 Å². The van der Waals surface area contributed by atoms with Gasteiger partial charge in [0.25, 0.3) is 0 Å². The molecule has 0 atom stereocenters. The predicted octanol–water partition coefficient (Wildman–Crippen LogP) is 2.83. The number of rotatable bonds is 3. The Hall–Kier alpha value is -1.72. The number of carbonyl (C=O) groups is 1. The van der Waals surface area contributed by atoms with E-state index in [1.807, 2.05) is 10.3 Å². The summed E-state index contributed by atoms with van der Waals surface area (Å²) in [7, 11) is 0. The highest BCUT2D eigenvalue weighted by atomic mass is 32.1. The van der Waals surface area contributed by atoms with Gasteiger partial charge in [-0.1, -0.05) is 12.1 Å². The molecule has 0 bridgehead atoms. The Bertz CT molecular complexity index is 675. The molecule has 2 heterocycles. The fraction of sp³-hybridized carbons (Fsp3) is 0.412. The summed E-state index contributed by atoms with van der Waals surface area (Å²) in [5.74, 6) is 0.143. The smallest absolute Gasteiger partial charge is 0.229 e. The number of benzene rings is 1. The molecular weight excluding hydrogens is 296 g/mol. The van der Waals surface area contributed by atoms with Crippen molar-refractivity contribution in [1.29, 1.82) is 0 Å². The van der Waals surface area contributed by atoms with Crippen molar-refractivity contribution < 1.29 is 9.53 Å². The lowest BCUT2D eigenvalue weighted by Crippen LogP contribution is -2.41. The van der Waals surface area contributed by atoms with E-state index >= 15 is 0 Å². The summed E-state index contributed by atoms with van der Waals surface area (Å²) >= 11 is 1.56. The van der Waals surface area contributed by atoms with E-state index in [0.717, 1.165) is 16.3 Å². The number of carbonyl (C=O) groups excluding carboxylic acids is 1. The normalized spacial score (nSPS) is 15.1. The van der Waals surface area contributed by atoms with Gasteiger partial charge in [0, 0.05) is 24.0 Å². The molecule has 22 heavy (non-hydrogen) atoms. The minimum absolute atomic E-state index is 0.143. The SMILES string of the molecule is Cc1ccc(-c2csc(CC(=O)N3CCOCC3)n2)cc1C. The Kier molecular flexibility index (Phi) is 4.55. The van der Waals surface area contributed by atoms with Crippen molar-refractivity contribution in [2.75, 3.05) is 26.3 Å². The molecule has 1 amide bonds. The second kappa shape index (κ2) is 6.58. The molecule has 5 heteroatoms. The van der Waals surface area contributed by atoms with E-state index in [9.17, 15) is 4.79 Å². The lowest BCUT2D eigenvalue weighted by atomic mass is 10.1. The largest absolute Gasteiger partial charge is 0.378 e. The highest BCUT2D eigenvalue weighted by Gasteiger charge is 2.18. The molecule has 1 fully saturated rings. The summed E-state index contributed by atoms with van der Waals surface area (Å²) in [5.41, 5.74) is 4.61. The number of nitrogens with zero attached hydrogens (tertiary/aromatic N) is 2. The Balaban J connectivity index is 1.70. The number of aryl methyl sites for hydroxylation is 2. The van der Waals surface area contributed by atoms with Crippen LogP contribution >= 0.6 is 11.3 Å². The second-order valence-corrected chi connectivity index (χ2v) is 6.54. The number of aromatic nitrogens is 1. The fourth-order valence-corrected chi connectivity index (χ4v) is 3.27. The van der Waals surface area contributed by atoms with E-state index < -0.39 is 0 Å². The van der Waals surface area contributed by atoms with E-state index in [2.05, 4.69) is 37.0 Å². The summed E-state index contributed by atoms with van der Waals surface area (Å²) in [5, 5.41) is 2.91. The maximum Gasteiger partial charge on any atom is 0.229 e. The van der Waals surface area contributed by atoms with Crippen LogP contribution in [0.3, 0.4) is 0 Å². The van der Waals surface area contributed by atoms with Gasteiger partial charge in [-0.15, -0.1) is 11.3 Å². The van der Waals surface area contributed by atoms with Crippen LogP contribution in [-0.4, -0.2) is 42.1 Å². The molecule has 2 aromatic rings. The van der Waals surface area contributed by atoms with Gasteiger partial charge in [-0.3, -0.25) is 4.79 Å². The van der Waals surface area contributed by atoms with Crippen LogP contribution in [0.2, 0.25) is 0 Å². The topological polar surface area (TPSA) is 42.4 Å². The van der Waals surface area contributed by atoms with Crippen molar-refractivity contribution in [2.45, 2.75) is 20.3 Å². The number of hydrogen-bond acceptors (Lipinski definition) is 4. The molecule has 0 N–H and O–H groups in total. The predicted molar refractivity (Wildman–Crippen MR) is 88.1 cm³/mol. The molecule has 0 aliphatic carbocycles. The lowest BCUT2D eigenvalue weighted by molar-refractivity contribution is -0.134. The van der Waals surface area contributed by atoms with E-state index in [-0.39, 0.29) is 5.91 Å². The van der Waals surface area contributed by atoms with Crippen LogP contribution in [0.25, 0.3) is 11.3 Å². The van der Waals surface area contributed by atoms with Gasteiger partial charge in [-0.25, -0.2) is 4.98 Å². The molecule has 1 aromatic heterocycles. The minimum Gasteiger partial charge on any atom is -0.378 e. The molecule has 1 aromatic carbocycles. The molecule has 0 saturated carbocycles. The third-order valence-corrected chi connectivity index (χ3v) is 4.87. The average Bonchev–Trinajstić information content (AvgIpc) is 2.99. The maximum absolute atomic E-state index is 12.2. The van der Waals surface area contributed by atoms with Crippen molar-refractivity contribution in [3.05, 3.63) is 39.7 Å². The maximum atomic E-state index is 12.2. The molecule has 3 rings (SSSR count). The Morgan fingerprint density at radius 3 is 2.77 bits per heavy atom. The number of thiazole rings is 1. The third kappa shape index (κ3) is 3.36. The highest BCUT2D eigenvalue weighted by molar-refractivity contribution is 7.10. The molecule has 1 saturated heterocycles. The number of hydrogen-bond donors (Lipinski definition) is 0. The van der Waals surface area contributed by atoms with Gasteiger partial charge < -0.3 is 9.64 Å². The number of amides is 1. The number of morpholine rings is 1. The van der Waals surface area contributed by atoms with Gasteiger partial charge >= 0.3 is 0 Å². The molecule has 1 aliphatic heterocycles. The number of ether oxygens (including phenoxy) is 1. The van der Waals surface area contributed by atoms with Crippen molar-refractivity contribution in [1.82, 2.24) is 9.88 Å². The minimum atomic E-state index is 0.143. The molecular formula is C17H20N2O2S. The molecule has 0 spiro atoms. The third-order valence-electron chi connectivity index (χ3n) is 4.02. The zero-order chi connectivity index (χ0) is 15.5. The second-order valence-electron chi connectivity index (χ2n) is 5.60. The van der Waals surface area contributed by atoms with Crippen LogP contribution in [0.4, 0.5) is 0 Å². The zero-order valence-electron chi connectivity index (χ0n) is 13.0. The van der Waals surface area contributed by atoms with Gasteiger partial charge in [0.15, 0.2) is 0 Å². The Morgan fingerprint density at radius 2 is 2.05 bits per heavy atom. The molecule has 4 nitrogen and oxygen atoms in total. The average molecular weight is 316 g/mol. The molecule has 1 aliphatic rings. The van der Waals surface area contributed by atoms with Crippen LogP contribution in [0, 0.1) is 13.8 Å². The van der Waals surface area contributed by atoms with Gasteiger partial charge in [-0.2, -0.15) is 0 Å². The van der Waals surface area contributed by atoms with Crippen LogP contribution in [-0.2, 0) is 16.0 Å². The standard InChI is InChI=1S/C17H20N2O2S/c1-12-3-4-14(9-13(12)2)15-11-22-16(18-15)10-17(20)19-5-7-21-8-6-19/h3-4,9,11H,5-8,10H2,1-2H3. The quantitative estimate of drug-likeness (QED) is 0.874. The summed E-state index contributed by atoms with van der Waals surface area (Å²) in [6.07, 6.45) is 0.384. The van der Waals surface area contributed by atoms with Crippen molar-refractivity contribution in [3.8, 4) is 11.3 Å². The van der Waals surface area contributed by atoms with Crippen molar-refractivity contribution in [2.24, 2.45) is 0 Å². The van der Waals surface area contributed by atoms with Gasteiger partial charge in [-0.05, 0) is 31.0 Å². The molecule has 116 valence electrons. The molecule has 0 unspecified atom stereocenters. The summed E-state index contributed by atoms with van der Waals surface area (Å²) in [6.45, 7) is 6.86. The first kappa shape index (κ1) is 15.2. The van der Waals surface area contributed by atoms with Crippen molar-refractivity contribution in [3.63, 3.8) is 0 Å². The van der Waals surface area contributed by atoms with E-state index in [1.54, 1.807) is 11.3 Å². The van der Waals surface area contributed by atoms with E-state index in [1.165, 1.54) is 11.1 Å². The lowest BCUT2D eigenvalue weighted by Gasteiger charge is -2.26. The Labute approximate surface area is 134 Å². The van der Waals surface area contributed by atoms with E-state index in [0.29, 0.717) is 32.7 Å². The van der Waals surface area contributed by atoms with Crippen LogP contribution in [0.1, 0.15) is 16.1 Å². The fourth-order valence-electron chi connectivity index (χ4n) is 2.48. The highest BCUT2D eigenvalue weighted by Crippen LogP contribution is 2.24. The first-order chi connectivity index (χ1) is 10.6.